The van der Waals surface area contributed by atoms with E-state index in [2.05, 4.69) is 46.9 Å². The number of esters is 1. The van der Waals surface area contributed by atoms with Gasteiger partial charge in [0.05, 0.1) is 6.61 Å². The van der Waals surface area contributed by atoms with Gasteiger partial charge in [-0.15, -0.1) is 0 Å². The summed E-state index contributed by atoms with van der Waals surface area (Å²) in [5.41, 5.74) is -0.535. The summed E-state index contributed by atoms with van der Waals surface area (Å²) in [6, 6.07) is 0.270. The summed E-state index contributed by atoms with van der Waals surface area (Å²) in [6.45, 7) is 15.1. The van der Waals surface area contributed by atoms with Crippen molar-refractivity contribution in [2.75, 3.05) is 6.61 Å². The number of hydrogen-bond donors (Lipinski definition) is 1. The number of hydrogen-bond acceptors (Lipinski definition) is 3. The predicted molar refractivity (Wildman–Crippen MR) is 76.5 cm³/mol. The van der Waals surface area contributed by atoms with Gasteiger partial charge in [0.15, 0.2) is 0 Å². The molecule has 0 aromatic rings. The molecule has 0 atom stereocenters. The minimum atomic E-state index is -0.535. The maximum absolute atomic E-state index is 12.4. The Balaban J connectivity index is 5.16. The minimum Gasteiger partial charge on any atom is -0.465 e. The average Bonchev–Trinajstić information content (AvgIpc) is 2.14. The Morgan fingerprint density at radius 2 is 1.50 bits per heavy atom. The molecular weight excluding hydrogens is 226 g/mol. The topological polar surface area (TPSA) is 38.3 Å². The van der Waals surface area contributed by atoms with Crippen LogP contribution in [0.25, 0.3) is 0 Å². The van der Waals surface area contributed by atoms with Gasteiger partial charge in [0.25, 0.3) is 0 Å². The molecule has 3 nitrogen and oxygen atoms in total. The van der Waals surface area contributed by atoms with Crippen LogP contribution in [-0.4, -0.2) is 24.2 Å². The molecule has 3 heteroatoms. The number of carbonyl (C=O) groups excluding carboxylic acids is 1. The summed E-state index contributed by atoms with van der Waals surface area (Å²) in [5.74, 6) is 0.819. The molecule has 0 amide bonds. The van der Waals surface area contributed by atoms with E-state index in [1.54, 1.807) is 0 Å². The summed E-state index contributed by atoms with van der Waals surface area (Å²) in [5, 5.41) is 3.47. The van der Waals surface area contributed by atoms with Gasteiger partial charge < -0.3 is 4.74 Å². The molecule has 0 saturated heterocycles. The van der Waals surface area contributed by atoms with E-state index < -0.39 is 5.54 Å². The van der Waals surface area contributed by atoms with E-state index >= 15 is 0 Å². The molecule has 0 aliphatic heterocycles. The average molecular weight is 257 g/mol. The first kappa shape index (κ1) is 17.4. The van der Waals surface area contributed by atoms with Gasteiger partial charge in [-0.3, -0.25) is 10.1 Å². The van der Waals surface area contributed by atoms with Gasteiger partial charge in [-0.25, -0.2) is 0 Å². The number of nitrogens with one attached hydrogen (secondary N) is 1. The van der Waals surface area contributed by atoms with Crippen molar-refractivity contribution in [1.82, 2.24) is 5.32 Å². The zero-order valence-corrected chi connectivity index (χ0v) is 13.2. The molecule has 0 saturated carbocycles. The number of ether oxygens (including phenoxy) is 1. The minimum absolute atomic E-state index is 0.0962. The van der Waals surface area contributed by atoms with Gasteiger partial charge in [-0.2, -0.15) is 0 Å². The van der Waals surface area contributed by atoms with Crippen LogP contribution in [0.2, 0.25) is 0 Å². The van der Waals surface area contributed by atoms with Crippen molar-refractivity contribution >= 4 is 5.97 Å². The van der Waals surface area contributed by atoms with E-state index in [9.17, 15) is 4.79 Å². The first-order valence-corrected chi connectivity index (χ1v) is 7.18. The third-order valence-corrected chi connectivity index (χ3v) is 2.74. The lowest BCUT2D eigenvalue weighted by Crippen LogP contribution is -2.57. The number of rotatable bonds is 8. The van der Waals surface area contributed by atoms with Crippen LogP contribution in [0.15, 0.2) is 0 Å². The molecule has 1 N–H and O–H groups in total. The summed E-state index contributed by atoms with van der Waals surface area (Å²) in [7, 11) is 0. The lowest BCUT2D eigenvalue weighted by Gasteiger charge is -2.37. The fraction of sp³-hybridized carbons (Fsp3) is 0.933. The van der Waals surface area contributed by atoms with E-state index in [1.165, 1.54) is 0 Å². The van der Waals surface area contributed by atoms with Crippen molar-refractivity contribution < 1.29 is 9.53 Å². The van der Waals surface area contributed by atoms with E-state index in [0.717, 1.165) is 12.8 Å². The van der Waals surface area contributed by atoms with Crippen molar-refractivity contribution in [3.05, 3.63) is 0 Å². The Morgan fingerprint density at radius 1 is 1.06 bits per heavy atom. The molecule has 0 rings (SSSR count). The molecule has 18 heavy (non-hydrogen) atoms. The Hall–Kier alpha value is -0.570. The summed E-state index contributed by atoms with van der Waals surface area (Å²) >= 11 is 0. The second-order valence-electron chi connectivity index (χ2n) is 6.30. The third kappa shape index (κ3) is 5.85. The summed E-state index contributed by atoms with van der Waals surface area (Å²) < 4.78 is 5.31. The lowest BCUT2D eigenvalue weighted by atomic mass is 9.81. The smallest absolute Gasteiger partial charge is 0.326 e. The largest absolute Gasteiger partial charge is 0.465 e. The van der Waals surface area contributed by atoms with Crippen molar-refractivity contribution in [3.8, 4) is 0 Å². The third-order valence-electron chi connectivity index (χ3n) is 2.74. The highest BCUT2D eigenvalue weighted by Crippen LogP contribution is 2.27. The molecule has 0 radical (unpaired) electrons. The highest BCUT2D eigenvalue weighted by molar-refractivity contribution is 5.81. The highest BCUT2D eigenvalue weighted by Gasteiger charge is 2.41. The quantitative estimate of drug-likeness (QED) is 0.677. The van der Waals surface area contributed by atoms with E-state index in [1.807, 2.05) is 6.92 Å². The van der Waals surface area contributed by atoms with Gasteiger partial charge in [0.2, 0.25) is 0 Å². The predicted octanol–water partition coefficient (Wildman–Crippen LogP) is 3.38. The van der Waals surface area contributed by atoms with Crippen LogP contribution < -0.4 is 5.32 Å². The molecule has 0 aromatic heterocycles. The van der Waals surface area contributed by atoms with Crippen molar-refractivity contribution in [2.45, 2.75) is 72.9 Å². The van der Waals surface area contributed by atoms with Crippen molar-refractivity contribution in [2.24, 2.45) is 11.8 Å². The molecule has 0 fully saturated rings. The Bertz CT molecular complexity index is 220. The van der Waals surface area contributed by atoms with Gasteiger partial charge in [0, 0.05) is 6.04 Å². The molecule has 108 valence electrons. The Kier molecular flexibility index (Phi) is 7.53. The van der Waals surface area contributed by atoms with Gasteiger partial charge in [-0.1, -0.05) is 27.7 Å². The summed E-state index contributed by atoms with van der Waals surface area (Å²) in [6.07, 6.45) is 1.64. The van der Waals surface area contributed by atoms with E-state index in [4.69, 9.17) is 4.74 Å². The van der Waals surface area contributed by atoms with Gasteiger partial charge in [0.1, 0.15) is 5.54 Å². The van der Waals surface area contributed by atoms with E-state index in [-0.39, 0.29) is 12.0 Å². The standard InChI is InChI=1S/C15H31NO2/c1-8-18-14(17)15(9-11(2)3,10-12(4)5)16-13(6)7/h11-13,16H,8-10H2,1-7H3. The molecule has 0 aromatic carbocycles. The number of carbonyl (C=O) groups is 1. The van der Waals surface area contributed by atoms with Crippen LogP contribution in [-0.2, 0) is 9.53 Å². The zero-order chi connectivity index (χ0) is 14.3. The molecule has 0 bridgehead atoms. The van der Waals surface area contributed by atoms with E-state index in [0.29, 0.717) is 18.4 Å². The van der Waals surface area contributed by atoms with Crippen LogP contribution >= 0.6 is 0 Å². The van der Waals surface area contributed by atoms with Crippen LogP contribution in [0, 0.1) is 11.8 Å². The Labute approximate surface area is 113 Å². The van der Waals surface area contributed by atoms with Crippen molar-refractivity contribution in [1.29, 1.82) is 0 Å². The zero-order valence-electron chi connectivity index (χ0n) is 13.2. The first-order chi connectivity index (χ1) is 8.23. The fourth-order valence-electron chi connectivity index (χ4n) is 2.64. The SMILES string of the molecule is CCOC(=O)C(CC(C)C)(CC(C)C)NC(C)C. The molecular formula is C15H31NO2. The molecule has 0 spiro atoms. The molecule has 0 aliphatic carbocycles. The maximum atomic E-state index is 12.4. The second kappa shape index (κ2) is 7.78. The molecule has 0 unspecified atom stereocenters. The van der Waals surface area contributed by atoms with Crippen LogP contribution in [0.3, 0.4) is 0 Å². The van der Waals surface area contributed by atoms with Crippen molar-refractivity contribution in [3.63, 3.8) is 0 Å². The van der Waals surface area contributed by atoms with Crippen LogP contribution in [0.4, 0.5) is 0 Å². The molecule has 0 aliphatic rings. The fourth-order valence-corrected chi connectivity index (χ4v) is 2.64. The second-order valence-corrected chi connectivity index (χ2v) is 6.30. The first-order valence-electron chi connectivity index (χ1n) is 7.18. The summed E-state index contributed by atoms with van der Waals surface area (Å²) in [4.78, 5) is 12.4. The monoisotopic (exact) mass is 257 g/mol. The Morgan fingerprint density at radius 3 is 1.78 bits per heavy atom. The molecule has 0 heterocycles. The maximum Gasteiger partial charge on any atom is 0.326 e. The van der Waals surface area contributed by atoms with Gasteiger partial charge >= 0.3 is 5.97 Å². The lowest BCUT2D eigenvalue weighted by molar-refractivity contribution is -0.153. The highest BCUT2D eigenvalue weighted by atomic mass is 16.5. The normalized spacial score (nSPS) is 12.6. The van der Waals surface area contributed by atoms with Gasteiger partial charge in [-0.05, 0) is 45.4 Å². The van der Waals surface area contributed by atoms with Crippen LogP contribution in [0.1, 0.15) is 61.3 Å². The van der Waals surface area contributed by atoms with Crippen LogP contribution in [0.5, 0.6) is 0 Å².